The number of Topliss-reactive ketones (excluding diaryl/α,β-unsaturated/α-hetero) is 1. The molecule has 2 bridgehead atoms. The van der Waals surface area contributed by atoms with E-state index in [0.717, 1.165) is 36.3 Å². The molecule has 0 spiro atoms. The lowest BCUT2D eigenvalue weighted by Gasteiger charge is -2.35. The van der Waals surface area contributed by atoms with Gasteiger partial charge in [0, 0.05) is 30.0 Å². The average Bonchev–Trinajstić information content (AvgIpc) is 2.78. The summed E-state index contributed by atoms with van der Waals surface area (Å²) >= 11 is 0. The maximum absolute atomic E-state index is 12.9. The van der Waals surface area contributed by atoms with E-state index in [2.05, 4.69) is 11.9 Å². The zero-order chi connectivity index (χ0) is 15.1. The van der Waals surface area contributed by atoms with Crippen molar-refractivity contribution in [2.75, 3.05) is 20.3 Å². The van der Waals surface area contributed by atoms with Gasteiger partial charge in [-0.25, -0.2) is 0 Å². The minimum atomic E-state index is 0.165. The van der Waals surface area contributed by atoms with Gasteiger partial charge in [0.25, 0.3) is 0 Å². The Balaban J connectivity index is 1.54. The van der Waals surface area contributed by atoms with Crippen molar-refractivity contribution in [3.63, 3.8) is 0 Å². The molecule has 3 aliphatic heterocycles. The van der Waals surface area contributed by atoms with Gasteiger partial charge < -0.3 is 14.4 Å². The third kappa shape index (κ3) is 2.39. The molecule has 4 rings (SSSR count). The zero-order valence-electron chi connectivity index (χ0n) is 13.1. The molecule has 0 amide bonds. The average molecular weight is 301 g/mol. The summed E-state index contributed by atoms with van der Waals surface area (Å²) in [6.07, 6.45) is 5.37. The maximum Gasteiger partial charge on any atom is 0.166 e. The van der Waals surface area contributed by atoms with Crippen molar-refractivity contribution in [1.29, 1.82) is 0 Å². The van der Waals surface area contributed by atoms with E-state index in [4.69, 9.17) is 9.47 Å². The summed E-state index contributed by atoms with van der Waals surface area (Å²) in [5, 5.41) is 0. The van der Waals surface area contributed by atoms with Crippen LogP contribution in [0.5, 0.6) is 11.5 Å². The molecule has 118 valence electrons. The van der Waals surface area contributed by atoms with Crippen LogP contribution in [0.4, 0.5) is 0 Å². The molecular weight excluding hydrogens is 278 g/mol. The lowest BCUT2D eigenvalue weighted by molar-refractivity contribution is 0.0766. The number of rotatable bonds is 2. The quantitative estimate of drug-likeness (QED) is 0.787. The summed E-state index contributed by atoms with van der Waals surface area (Å²) in [4.78, 5) is 15.4. The van der Waals surface area contributed by atoms with Crippen molar-refractivity contribution in [3.8, 4) is 11.5 Å². The second-order valence-electron chi connectivity index (χ2n) is 6.80. The first-order valence-corrected chi connectivity index (χ1v) is 8.38. The van der Waals surface area contributed by atoms with Crippen molar-refractivity contribution >= 4 is 5.78 Å². The van der Waals surface area contributed by atoms with Crippen molar-refractivity contribution in [3.05, 3.63) is 23.8 Å². The fourth-order valence-electron chi connectivity index (χ4n) is 4.18. The minimum absolute atomic E-state index is 0.165. The number of piperidine rings is 1. The SMILES string of the molecule is CN1C2CCC1CC(C(=O)c1ccc3c(c1)OCCCO3)C2. The molecule has 2 saturated heterocycles. The van der Waals surface area contributed by atoms with E-state index in [9.17, 15) is 4.79 Å². The molecule has 3 heterocycles. The summed E-state index contributed by atoms with van der Waals surface area (Å²) in [7, 11) is 2.20. The molecule has 3 aliphatic rings. The standard InChI is InChI=1S/C18H23NO3/c1-19-14-4-5-15(19)10-13(9-14)18(20)12-3-6-16-17(11-12)22-8-2-7-21-16/h3,6,11,13-15H,2,4-5,7-10H2,1H3. The molecule has 2 atom stereocenters. The first-order chi connectivity index (χ1) is 10.7. The molecule has 1 aromatic rings. The summed E-state index contributed by atoms with van der Waals surface area (Å²) in [5.74, 6) is 1.93. The van der Waals surface area contributed by atoms with Crippen molar-refractivity contribution < 1.29 is 14.3 Å². The number of carbonyl (C=O) groups is 1. The Hall–Kier alpha value is -1.55. The Morgan fingerprint density at radius 1 is 1.09 bits per heavy atom. The van der Waals surface area contributed by atoms with Crippen LogP contribution in [0.1, 0.15) is 42.5 Å². The van der Waals surface area contributed by atoms with E-state index in [1.165, 1.54) is 12.8 Å². The van der Waals surface area contributed by atoms with Crippen LogP contribution in [0, 0.1) is 5.92 Å². The van der Waals surface area contributed by atoms with Gasteiger partial charge in [0.2, 0.25) is 0 Å². The number of hydrogen-bond donors (Lipinski definition) is 0. The van der Waals surface area contributed by atoms with Crippen molar-refractivity contribution in [2.24, 2.45) is 5.92 Å². The summed E-state index contributed by atoms with van der Waals surface area (Å²) in [6.45, 7) is 1.33. The molecule has 0 saturated carbocycles. The monoisotopic (exact) mass is 301 g/mol. The normalized spacial score (nSPS) is 30.9. The maximum atomic E-state index is 12.9. The Morgan fingerprint density at radius 2 is 1.77 bits per heavy atom. The molecule has 2 fully saturated rings. The van der Waals surface area contributed by atoms with E-state index in [0.29, 0.717) is 25.3 Å². The molecule has 4 heteroatoms. The van der Waals surface area contributed by atoms with Crippen LogP contribution >= 0.6 is 0 Å². The Kier molecular flexibility index (Phi) is 3.57. The van der Waals surface area contributed by atoms with Gasteiger partial charge in [-0.15, -0.1) is 0 Å². The van der Waals surface area contributed by atoms with Gasteiger partial charge in [-0.05, 0) is 50.9 Å². The number of nitrogens with zero attached hydrogens (tertiary/aromatic N) is 1. The fraction of sp³-hybridized carbons (Fsp3) is 0.611. The third-order valence-electron chi connectivity index (χ3n) is 5.50. The van der Waals surface area contributed by atoms with Crippen molar-refractivity contribution in [2.45, 2.75) is 44.2 Å². The highest BCUT2D eigenvalue weighted by atomic mass is 16.5. The lowest BCUT2D eigenvalue weighted by atomic mass is 9.85. The molecule has 0 aromatic heterocycles. The molecule has 1 aromatic carbocycles. The van der Waals surface area contributed by atoms with Crippen LogP contribution in [-0.4, -0.2) is 43.0 Å². The van der Waals surface area contributed by atoms with E-state index in [1.54, 1.807) is 0 Å². The van der Waals surface area contributed by atoms with Crippen molar-refractivity contribution in [1.82, 2.24) is 4.90 Å². The van der Waals surface area contributed by atoms with Gasteiger partial charge in [-0.2, -0.15) is 0 Å². The molecular formula is C18H23NO3. The summed E-state index contributed by atoms with van der Waals surface area (Å²) in [6, 6.07) is 6.85. The highest BCUT2D eigenvalue weighted by Gasteiger charge is 2.41. The number of ketones is 1. The molecule has 0 aliphatic carbocycles. The van der Waals surface area contributed by atoms with Gasteiger partial charge in [0.15, 0.2) is 17.3 Å². The Morgan fingerprint density at radius 3 is 2.50 bits per heavy atom. The number of benzene rings is 1. The van der Waals surface area contributed by atoms with E-state index in [-0.39, 0.29) is 11.7 Å². The van der Waals surface area contributed by atoms with Crippen LogP contribution in [0.3, 0.4) is 0 Å². The molecule has 0 radical (unpaired) electrons. The van der Waals surface area contributed by atoms with Crippen LogP contribution < -0.4 is 9.47 Å². The van der Waals surface area contributed by atoms with E-state index >= 15 is 0 Å². The predicted octanol–water partition coefficient (Wildman–Crippen LogP) is 2.90. The van der Waals surface area contributed by atoms with Gasteiger partial charge in [0.1, 0.15) is 0 Å². The third-order valence-corrected chi connectivity index (χ3v) is 5.50. The number of hydrogen-bond acceptors (Lipinski definition) is 4. The largest absolute Gasteiger partial charge is 0.490 e. The first kappa shape index (κ1) is 14.1. The van der Waals surface area contributed by atoms with E-state index < -0.39 is 0 Å². The molecule has 4 nitrogen and oxygen atoms in total. The second-order valence-corrected chi connectivity index (χ2v) is 6.80. The molecule has 0 N–H and O–H groups in total. The minimum Gasteiger partial charge on any atom is -0.490 e. The van der Waals surface area contributed by atoms with Gasteiger partial charge in [-0.1, -0.05) is 0 Å². The highest BCUT2D eigenvalue weighted by molar-refractivity contribution is 5.98. The zero-order valence-corrected chi connectivity index (χ0v) is 13.1. The number of carbonyl (C=O) groups excluding carboxylic acids is 1. The fourth-order valence-corrected chi connectivity index (χ4v) is 4.18. The Bertz CT molecular complexity index is 572. The second kappa shape index (κ2) is 5.58. The number of ether oxygens (including phenoxy) is 2. The Labute approximate surface area is 131 Å². The van der Waals surface area contributed by atoms with Crippen LogP contribution in [0.25, 0.3) is 0 Å². The topological polar surface area (TPSA) is 38.8 Å². The van der Waals surface area contributed by atoms with Gasteiger partial charge >= 0.3 is 0 Å². The summed E-state index contributed by atoms with van der Waals surface area (Å²) < 4.78 is 11.4. The van der Waals surface area contributed by atoms with Crippen LogP contribution in [0.2, 0.25) is 0 Å². The van der Waals surface area contributed by atoms with Gasteiger partial charge in [-0.3, -0.25) is 4.79 Å². The smallest absolute Gasteiger partial charge is 0.166 e. The number of fused-ring (bicyclic) bond motifs is 3. The van der Waals surface area contributed by atoms with Crippen LogP contribution in [0.15, 0.2) is 18.2 Å². The highest BCUT2D eigenvalue weighted by Crippen LogP contribution is 2.39. The first-order valence-electron chi connectivity index (χ1n) is 8.38. The summed E-state index contributed by atoms with van der Waals surface area (Å²) in [5.41, 5.74) is 0.776. The van der Waals surface area contributed by atoms with Crippen LogP contribution in [-0.2, 0) is 0 Å². The lowest BCUT2D eigenvalue weighted by Crippen LogP contribution is -2.42. The van der Waals surface area contributed by atoms with Gasteiger partial charge in [0.05, 0.1) is 13.2 Å². The molecule has 2 unspecified atom stereocenters. The predicted molar refractivity (Wildman–Crippen MR) is 83.7 cm³/mol. The molecule has 22 heavy (non-hydrogen) atoms. The van der Waals surface area contributed by atoms with E-state index in [1.807, 2.05) is 18.2 Å².